The Morgan fingerprint density at radius 1 is 1.10 bits per heavy atom. The molecule has 1 unspecified atom stereocenters. The molecule has 0 spiro atoms. The molecule has 0 saturated heterocycles. The molecule has 2 aromatic rings. The fourth-order valence-corrected chi connectivity index (χ4v) is 4.08. The topological polar surface area (TPSA) is 12.0 Å². The van der Waals surface area contributed by atoms with Crippen LogP contribution in [0.15, 0.2) is 45.8 Å². The van der Waals surface area contributed by atoms with E-state index in [4.69, 9.17) is 0 Å². The van der Waals surface area contributed by atoms with Gasteiger partial charge in [-0.2, -0.15) is 0 Å². The molecule has 0 aliphatic carbocycles. The molecule has 3 heteroatoms. The lowest BCUT2D eigenvalue weighted by Gasteiger charge is -2.16. The molecule has 0 aliphatic heterocycles. The maximum atomic E-state index is 3.58. The zero-order valence-electron chi connectivity index (χ0n) is 13.0. The van der Waals surface area contributed by atoms with Crippen LogP contribution in [-0.2, 0) is 5.75 Å². The van der Waals surface area contributed by atoms with Crippen LogP contribution >= 0.6 is 27.7 Å². The average Bonchev–Trinajstić information content (AvgIpc) is 2.43. The Morgan fingerprint density at radius 3 is 2.38 bits per heavy atom. The summed E-state index contributed by atoms with van der Waals surface area (Å²) in [7, 11) is 2.01. The quantitative estimate of drug-likeness (QED) is 0.689. The van der Waals surface area contributed by atoms with Crippen LogP contribution in [0.4, 0.5) is 0 Å². The molecule has 0 heterocycles. The van der Waals surface area contributed by atoms with Crippen molar-refractivity contribution in [3.8, 4) is 0 Å². The molecular weight excluding hydrogens is 342 g/mol. The molecule has 0 fully saturated rings. The predicted molar refractivity (Wildman–Crippen MR) is 97.1 cm³/mol. The summed E-state index contributed by atoms with van der Waals surface area (Å²) in [5.74, 6) is 1.00. The number of hydrogen-bond donors (Lipinski definition) is 1. The maximum absolute atomic E-state index is 3.58. The minimum Gasteiger partial charge on any atom is -0.313 e. The van der Waals surface area contributed by atoms with Crippen molar-refractivity contribution in [2.45, 2.75) is 37.5 Å². The fourth-order valence-electron chi connectivity index (χ4n) is 2.46. The lowest BCUT2D eigenvalue weighted by molar-refractivity contribution is 0.641. The Balaban J connectivity index is 2.20. The number of nitrogens with one attached hydrogen (secondary N) is 1. The first-order valence-corrected chi connectivity index (χ1v) is 8.94. The van der Waals surface area contributed by atoms with E-state index in [0.29, 0.717) is 6.04 Å². The largest absolute Gasteiger partial charge is 0.313 e. The summed E-state index contributed by atoms with van der Waals surface area (Å²) in [4.78, 5) is 1.34. The van der Waals surface area contributed by atoms with Gasteiger partial charge < -0.3 is 5.32 Å². The molecule has 0 saturated carbocycles. The summed E-state index contributed by atoms with van der Waals surface area (Å²) in [5, 5.41) is 3.33. The van der Waals surface area contributed by atoms with Gasteiger partial charge in [0.05, 0.1) is 0 Å². The summed E-state index contributed by atoms with van der Waals surface area (Å²) in [6, 6.07) is 13.7. The number of hydrogen-bond acceptors (Lipinski definition) is 2. The molecule has 2 rings (SSSR count). The van der Waals surface area contributed by atoms with E-state index < -0.39 is 0 Å². The third kappa shape index (κ3) is 4.60. The standard InChI is InChI=1S/C18H22BrNS/c1-12-7-13(2)9-15(8-12)11-21-18-10-16(19)5-6-17(18)14(3)20-4/h5-10,14,20H,11H2,1-4H3. The van der Waals surface area contributed by atoms with Crippen LogP contribution in [0.5, 0.6) is 0 Å². The predicted octanol–water partition coefficient (Wildman–Crippen LogP) is 5.64. The van der Waals surface area contributed by atoms with E-state index >= 15 is 0 Å². The van der Waals surface area contributed by atoms with Crippen molar-refractivity contribution >= 4 is 27.7 Å². The van der Waals surface area contributed by atoms with Gasteiger partial charge in [-0.15, -0.1) is 11.8 Å². The van der Waals surface area contributed by atoms with Crippen LogP contribution in [0, 0.1) is 13.8 Å². The Labute approximate surface area is 140 Å². The normalized spacial score (nSPS) is 12.4. The van der Waals surface area contributed by atoms with Crippen molar-refractivity contribution < 1.29 is 0 Å². The summed E-state index contributed by atoms with van der Waals surface area (Å²) in [6.07, 6.45) is 0. The second-order valence-corrected chi connectivity index (χ2v) is 7.41. The van der Waals surface area contributed by atoms with Gasteiger partial charge in [-0.25, -0.2) is 0 Å². The molecule has 0 aliphatic rings. The van der Waals surface area contributed by atoms with E-state index in [1.54, 1.807) is 0 Å². The molecule has 0 aromatic heterocycles. The highest BCUT2D eigenvalue weighted by atomic mass is 79.9. The van der Waals surface area contributed by atoms with Crippen LogP contribution in [0.1, 0.15) is 35.2 Å². The second-order valence-electron chi connectivity index (χ2n) is 5.48. The van der Waals surface area contributed by atoms with Crippen molar-refractivity contribution in [2.75, 3.05) is 7.05 Å². The summed E-state index contributed by atoms with van der Waals surface area (Å²) < 4.78 is 1.14. The highest BCUT2D eigenvalue weighted by Crippen LogP contribution is 2.32. The molecule has 0 radical (unpaired) electrons. The number of aryl methyl sites for hydroxylation is 2. The molecule has 2 aromatic carbocycles. The van der Waals surface area contributed by atoms with E-state index in [-0.39, 0.29) is 0 Å². The van der Waals surface area contributed by atoms with E-state index in [2.05, 4.69) is 78.4 Å². The average molecular weight is 364 g/mol. The van der Waals surface area contributed by atoms with Crippen LogP contribution in [0.25, 0.3) is 0 Å². The summed E-state index contributed by atoms with van der Waals surface area (Å²) in [5.41, 5.74) is 5.42. The lowest BCUT2D eigenvalue weighted by atomic mass is 10.1. The third-order valence-electron chi connectivity index (χ3n) is 3.55. The summed E-state index contributed by atoms with van der Waals surface area (Å²) >= 11 is 5.49. The van der Waals surface area contributed by atoms with Crippen molar-refractivity contribution in [3.05, 3.63) is 63.1 Å². The molecule has 21 heavy (non-hydrogen) atoms. The molecule has 1 atom stereocenters. The van der Waals surface area contributed by atoms with Crippen molar-refractivity contribution in [2.24, 2.45) is 0 Å². The first-order valence-electron chi connectivity index (χ1n) is 7.16. The Hall–Kier alpha value is -0.770. The smallest absolute Gasteiger partial charge is 0.0300 e. The highest BCUT2D eigenvalue weighted by Gasteiger charge is 2.10. The first-order chi connectivity index (χ1) is 9.99. The number of thioether (sulfide) groups is 1. The van der Waals surface area contributed by atoms with Crippen LogP contribution in [0.2, 0.25) is 0 Å². The van der Waals surface area contributed by atoms with Gasteiger partial charge in [0.25, 0.3) is 0 Å². The Kier molecular flexibility index (Phi) is 5.91. The van der Waals surface area contributed by atoms with Crippen molar-refractivity contribution in [1.29, 1.82) is 0 Å². The van der Waals surface area contributed by atoms with Gasteiger partial charge >= 0.3 is 0 Å². The molecule has 0 amide bonds. The van der Waals surface area contributed by atoms with E-state index in [1.807, 2.05) is 18.8 Å². The fraction of sp³-hybridized carbons (Fsp3) is 0.333. The van der Waals surface area contributed by atoms with E-state index in [0.717, 1.165) is 10.2 Å². The maximum Gasteiger partial charge on any atom is 0.0300 e. The van der Waals surface area contributed by atoms with Crippen LogP contribution < -0.4 is 5.32 Å². The molecule has 1 nitrogen and oxygen atoms in total. The highest BCUT2D eigenvalue weighted by molar-refractivity contribution is 9.10. The van der Waals surface area contributed by atoms with Gasteiger partial charge in [0.15, 0.2) is 0 Å². The zero-order chi connectivity index (χ0) is 15.4. The van der Waals surface area contributed by atoms with E-state index in [1.165, 1.54) is 27.1 Å². The molecule has 112 valence electrons. The monoisotopic (exact) mass is 363 g/mol. The second kappa shape index (κ2) is 7.48. The first kappa shape index (κ1) is 16.6. The molecule has 0 bridgehead atoms. The molecule has 1 N–H and O–H groups in total. The Bertz CT molecular complexity index is 604. The third-order valence-corrected chi connectivity index (χ3v) is 5.19. The van der Waals surface area contributed by atoms with E-state index in [9.17, 15) is 0 Å². The number of rotatable bonds is 5. The van der Waals surface area contributed by atoms with Gasteiger partial charge in [-0.1, -0.05) is 51.3 Å². The van der Waals surface area contributed by atoms with Gasteiger partial charge in [0.1, 0.15) is 0 Å². The van der Waals surface area contributed by atoms with Crippen molar-refractivity contribution in [1.82, 2.24) is 5.32 Å². The molecular formula is C18H22BrNS. The van der Waals surface area contributed by atoms with Gasteiger partial charge in [-0.3, -0.25) is 0 Å². The zero-order valence-corrected chi connectivity index (χ0v) is 15.4. The number of halogens is 1. The minimum absolute atomic E-state index is 0.361. The van der Waals surface area contributed by atoms with Crippen LogP contribution in [-0.4, -0.2) is 7.05 Å². The summed E-state index contributed by atoms with van der Waals surface area (Å²) in [6.45, 7) is 6.52. The number of benzene rings is 2. The SMILES string of the molecule is CNC(C)c1ccc(Br)cc1SCc1cc(C)cc(C)c1. The lowest BCUT2D eigenvalue weighted by Crippen LogP contribution is -2.13. The van der Waals surface area contributed by atoms with Gasteiger partial charge in [-0.05, 0) is 51.1 Å². The van der Waals surface area contributed by atoms with Gasteiger partial charge in [0.2, 0.25) is 0 Å². The Morgan fingerprint density at radius 2 is 1.76 bits per heavy atom. The van der Waals surface area contributed by atoms with Crippen molar-refractivity contribution in [3.63, 3.8) is 0 Å². The van der Waals surface area contributed by atoms with Gasteiger partial charge in [0, 0.05) is 21.2 Å². The van der Waals surface area contributed by atoms with Crippen LogP contribution in [0.3, 0.4) is 0 Å². The minimum atomic E-state index is 0.361.